The SMILES string of the molecule is CCN(CC)S(=O)(=O)NC(=O)c1ccc2c(C3CCCCC3)c3n(c2c1)CC(C(=O)N1CCOCC1)=CC1C=CC=CC31. The molecule has 1 N–H and O–H groups in total. The van der Waals surface area contributed by atoms with Gasteiger partial charge in [0.2, 0.25) is 0 Å². The minimum atomic E-state index is -3.97. The van der Waals surface area contributed by atoms with E-state index in [-0.39, 0.29) is 36.4 Å². The molecule has 43 heavy (non-hydrogen) atoms. The number of carbonyl (C=O) groups is 2. The number of ether oxygens (including phenoxy) is 1. The van der Waals surface area contributed by atoms with Crippen molar-refractivity contribution in [3.8, 4) is 0 Å². The molecule has 0 radical (unpaired) electrons. The Morgan fingerprint density at radius 1 is 1.02 bits per heavy atom. The topological polar surface area (TPSA) is 101 Å². The van der Waals surface area contributed by atoms with Crippen molar-refractivity contribution in [1.82, 2.24) is 18.5 Å². The Hall–Kier alpha value is -3.21. The summed E-state index contributed by atoms with van der Waals surface area (Å²) >= 11 is 0. The van der Waals surface area contributed by atoms with Crippen molar-refractivity contribution >= 4 is 32.9 Å². The van der Waals surface area contributed by atoms with Crippen LogP contribution in [0, 0.1) is 5.92 Å². The van der Waals surface area contributed by atoms with Gasteiger partial charge >= 0.3 is 10.2 Å². The Morgan fingerprint density at radius 2 is 1.74 bits per heavy atom. The van der Waals surface area contributed by atoms with E-state index in [0.29, 0.717) is 38.8 Å². The van der Waals surface area contributed by atoms with E-state index in [1.165, 1.54) is 34.8 Å². The molecule has 2 aromatic rings. The van der Waals surface area contributed by atoms with Crippen LogP contribution in [0.25, 0.3) is 10.9 Å². The zero-order chi connectivity index (χ0) is 30.1. The predicted octanol–water partition coefficient (Wildman–Crippen LogP) is 4.63. The van der Waals surface area contributed by atoms with Gasteiger partial charge in [-0.1, -0.05) is 69.6 Å². The van der Waals surface area contributed by atoms with Crippen LogP contribution in [-0.4, -0.2) is 73.4 Å². The van der Waals surface area contributed by atoms with E-state index < -0.39 is 16.1 Å². The van der Waals surface area contributed by atoms with Crippen molar-refractivity contribution in [3.05, 3.63) is 71.0 Å². The van der Waals surface area contributed by atoms with Crippen LogP contribution in [0.3, 0.4) is 0 Å². The number of benzene rings is 1. The quantitative estimate of drug-likeness (QED) is 0.496. The maximum absolute atomic E-state index is 13.9. The molecule has 1 saturated heterocycles. The highest BCUT2D eigenvalue weighted by molar-refractivity contribution is 7.87. The molecule has 9 nitrogen and oxygen atoms in total. The molecule has 4 aliphatic rings. The van der Waals surface area contributed by atoms with Crippen LogP contribution in [0.15, 0.2) is 54.2 Å². The zero-order valence-electron chi connectivity index (χ0n) is 25.1. The molecule has 2 atom stereocenters. The summed E-state index contributed by atoms with van der Waals surface area (Å²) in [5.74, 6) is -0.134. The molecule has 230 valence electrons. The fraction of sp³-hybridized carbons (Fsp3) is 0.515. The number of carbonyl (C=O) groups excluding carboxylic acids is 2. The summed E-state index contributed by atoms with van der Waals surface area (Å²) in [5, 5.41) is 1.09. The number of nitrogens with zero attached hydrogens (tertiary/aromatic N) is 3. The molecule has 6 rings (SSSR count). The van der Waals surface area contributed by atoms with Crippen LogP contribution in [0.2, 0.25) is 0 Å². The molecule has 2 amide bonds. The number of hydrogen-bond acceptors (Lipinski definition) is 5. The van der Waals surface area contributed by atoms with Crippen molar-refractivity contribution in [3.63, 3.8) is 0 Å². The summed E-state index contributed by atoms with van der Waals surface area (Å²) in [4.78, 5) is 29.1. The standard InChI is InChI=1S/C33H42N4O5S/c1-3-36(4-2)43(40,41)34-32(38)25-14-15-28-29(21-25)37-22-26(33(39)35-16-18-42-19-17-35)20-24-12-8-9-13-27(24)31(37)30(28)23-10-6-5-7-11-23/h8-9,12-15,20-21,23-24,27H,3-7,10-11,16-19,22H2,1-2H3,(H,34,38). The fourth-order valence-electron chi connectivity index (χ4n) is 7.31. The lowest BCUT2D eigenvalue weighted by Gasteiger charge is -2.28. The van der Waals surface area contributed by atoms with Gasteiger partial charge in [0.1, 0.15) is 0 Å². The molecule has 2 aliphatic carbocycles. The van der Waals surface area contributed by atoms with Crippen LogP contribution in [0.1, 0.15) is 79.4 Å². The molecule has 1 aromatic heterocycles. The summed E-state index contributed by atoms with van der Waals surface area (Å²) in [7, 11) is -3.97. The summed E-state index contributed by atoms with van der Waals surface area (Å²) in [6, 6.07) is 5.55. The Balaban J connectivity index is 1.48. The number of morpholine rings is 1. The van der Waals surface area contributed by atoms with Gasteiger partial charge in [-0.2, -0.15) is 12.7 Å². The Labute approximate surface area is 254 Å². The molecule has 0 spiro atoms. The Bertz CT molecular complexity index is 1590. The molecule has 0 bridgehead atoms. The molecule has 2 aliphatic heterocycles. The lowest BCUT2D eigenvalue weighted by molar-refractivity contribution is -0.131. The lowest BCUT2D eigenvalue weighted by Crippen LogP contribution is -2.43. The molecule has 3 heterocycles. The van der Waals surface area contributed by atoms with Crippen molar-refractivity contribution in [2.75, 3.05) is 39.4 Å². The smallest absolute Gasteiger partial charge is 0.304 e. The largest absolute Gasteiger partial charge is 0.378 e. The maximum Gasteiger partial charge on any atom is 0.304 e. The average Bonchev–Trinajstić information content (AvgIpc) is 3.24. The second-order valence-corrected chi connectivity index (χ2v) is 13.6. The van der Waals surface area contributed by atoms with Crippen molar-refractivity contribution < 1.29 is 22.7 Å². The highest BCUT2D eigenvalue weighted by Crippen LogP contribution is 2.47. The van der Waals surface area contributed by atoms with Gasteiger partial charge in [0.15, 0.2) is 0 Å². The van der Waals surface area contributed by atoms with Crippen molar-refractivity contribution in [2.45, 2.75) is 64.3 Å². The van der Waals surface area contributed by atoms with E-state index in [1.807, 2.05) is 17.0 Å². The molecular weight excluding hydrogens is 564 g/mol. The van der Waals surface area contributed by atoms with E-state index in [2.05, 4.69) is 39.7 Å². The van der Waals surface area contributed by atoms with Gasteiger partial charge in [0.25, 0.3) is 11.8 Å². The summed E-state index contributed by atoms with van der Waals surface area (Å²) in [6.45, 7) is 6.62. The van der Waals surface area contributed by atoms with Gasteiger partial charge < -0.3 is 14.2 Å². The first-order valence-electron chi connectivity index (χ1n) is 15.7. The van der Waals surface area contributed by atoms with Crippen LogP contribution in [0.4, 0.5) is 0 Å². The minimum absolute atomic E-state index is 0.0260. The Morgan fingerprint density at radius 3 is 2.47 bits per heavy atom. The van der Waals surface area contributed by atoms with E-state index in [4.69, 9.17) is 4.74 Å². The number of allylic oxidation sites excluding steroid dienone is 5. The summed E-state index contributed by atoms with van der Waals surface area (Å²) in [6.07, 6.45) is 16.5. The van der Waals surface area contributed by atoms with Gasteiger partial charge in [-0.15, -0.1) is 0 Å². The van der Waals surface area contributed by atoms with Crippen LogP contribution in [-0.2, 0) is 26.3 Å². The van der Waals surface area contributed by atoms with Gasteiger partial charge in [-0.3, -0.25) is 9.59 Å². The van der Waals surface area contributed by atoms with Crippen molar-refractivity contribution in [1.29, 1.82) is 0 Å². The minimum Gasteiger partial charge on any atom is -0.378 e. The lowest BCUT2D eigenvalue weighted by atomic mass is 9.77. The maximum atomic E-state index is 13.9. The second kappa shape index (κ2) is 12.4. The van der Waals surface area contributed by atoms with Crippen molar-refractivity contribution in [2.24, 2.45) is 5.92 Å². The molecule has 1 aromatic carbocycles. The molecule has 1 saturated carbocycles. The average molecular weight is 607 g/mol. The predicted molar refractivity (Wildman–Crippen MR) is 167 cm³/mol. The molecule has 10 heteroatoms. The Kier molecular flexibility index (Phi) is 8.62. The highest BCUT2D eigenvalue weighted by atomic mass is 32.2. The second-order valence-electron chi connectivity index (χ2n) is 11.9. The third kappa shape index (κ3) is 5.72. The third-order valence-electron chi connectivity index (χ3n) is 9.48. The molecule has 2 fully saturated rings. The molecule has 2 unspecified atom stereocenters. The third-order valence-corrected chi connectivity index (χ3v) is 11.1. The zero-order valence-corrected chi connectivity index (χ0v) is 25.9. The van der Waals surface area contributed by atoms with Crippen LogP contribution < -0.4 is 4.72 Å². The first-order valence-corrected chi connectivity index (χ1v) is 17.2. The summed E-state index contributed by atoms with van der Waals surface area (Å²) in [5.41, 5.74) is 4.42. The van der Waals surface area contributed by atoms with E-state index in [9.17, 15) is 18.0 Å². The highest BCUT2D eigenvalue weighted by Gasteiger charge is 2.36. The summed E-state index contributed by atoms with van der Waals surface area (Å²) < 4.78 is 37.0. The van der Waals surface area contributed by atoms with E-state index in [0.717, 1.165) is 29.3 Å². The van der Waals surface area contributed by atoms with Gasteiger partial charge in [-0.05, 0) is 36.5 Å². The molecular formula is C33H42N4O5S. The number of hydrogen-bond donors (Lipinski definition) is 1. The first-order chi connectivity index (χ1) is 20.8. The van der Waals surface area contributed by atoms with Gasteiger partial charge in [0.05, 0.1) is 19.8 Å². The first kappa shape index (κ1) is 29.8. The van der Waals surface area contributed by atoms with Crippen LogP contribution in [0.5, 0.6) is 0 Å². The fourth-order valence-corrected chi connectivity index (χ4v) is 8.47. The van der Waals surface area contributed by atoms with Gasteiger partial charge in [-0.25, -0.2) is 4.72 Å². The van der Waals surface area contributed by atoms with Gasteiger partial charge in [0, 0.05) is 65.7 Å². The number of fused-ring (bicyclic) bond motifs is 5. The number of rotatable bonds is 7. The number of aromatic nitrogens is 1. The van der Waals surface area contributed by atoms with E-state index in [1.54, 1.807) is 19.9 Å². The van der Waals surface area contributed by atoms with E-state index >= 15 is 0 Å². The normalized spacial score (nSPS) is 22.7. The van der Waals surface area contributed by atoms with Crippen LogP contribution >= 0.6 is 0 Å². The number of nitrogens with one attached hydrogen (secondary N) is 1. The monoisotopic (exact) mass is 606 g/mol. The number of amides is 2.